The number of halogens is 2. The molecule has 1 unspecified atom stereocenters. The van der Waals surface area contributed by atoms with Crippen molar-refractivity contribution >= 4 is 17.3 Å². The Morgan fingerprint density at radius 1 is 1.22 bits per heavy atom. The summed E-state index contributed by atoms with van der Waals surface area (Å²) in [6, 6.07) is 5.76. The van der Waals surface area contributed by atoms with Crippen LogP contribution in [0.3, 0.4) is 0 Å². The number of rotatable bonds is 6. The predicted octanol–water partition coefficient (Wildman–Crippen LogP) is 1.78. The molecule has 0 fully saturated rings. The third kappa shape index (κ3) is 4.26. The number of benzene rings is 1. The number of amides is 1. The fourth-order valence-corrected chi connectivity index (χ4v) is 4.40. The van der Waals surface area contributed by atoms with Gasteiger partial charge in [-0.2, -0.15) is 8.78 Å². The van der Waals surface area contributed by atoms with Gasteiger partial charge in [-0.15, -0.1) is 4.31 Å². The van der Waals surface area contributed by atoms with Gasteiger partial charge in [0.15, 0.2) is 4.90 Å². The highest BCUT2D eigenvalue weighted by Crippen LogP contribution is 2.32. The second kappa shape index (κ2) is 7.75. The van der Waals surface area contributed by atoms with Crippen molar-refractivity contribution in [1.29, 1.82) is 0 Å². The SMILES string of the molecule is CC(C)(CO)C(=O)N1CC2=C(C1)CN([S+]([O-])c1ccc(OC(F)F)cc1)C2. The van der Waals surface area contributed by atoms with E-state index in [-0.39, 0.29) is 18.3 Å². The normalized spacial score (nSPS) is 19.0. The van der Waals surface area contributed by atoms with E-state index in [1.165, 1.54) is 24.3 Å². The Bertz CT molecular complexity index is 721. The largest absolute Gasteiger partial charge is 0.593 e. The minimum absolute atomic E-state index is 0.0217. The Hall–Kier alpha value is -1.68. The minimum Gasteiger partial charge on any atom is -0.593 e. The summed E-state index contributed by atoms with van der Waals surface area (Å²) in [5.74, 6) is -0.0739. The van der Waals surface area contributed by atoms with Crippen LogP contribution in [0.2, 0.25) is 0 Å². The molecule has 27 heavy (non-hydrogen) atoms. The lowest BCUT2D eigenvalue weighted by molar-refractivity contribution is -0.141. The second-order valence-corrected chi connectivity index (χ2v) is 8.79. The summed E-state index contributed by atoms with van der Waals surface area (Å²) in [5.41, 5.74) is 1.33. The topological polar surface area (TPSA) is 76.1 Å². The molecule has 148 valence electrons. The molecular weight excluding hydrogens is 378 g/mol. The highest BCUT2D eigenvalue weighted by atomic mass is 32.2. The van der Waals surface area contributed by atoms with Crippen molar-refractivity contribution in [2.45, 2.75) is 25.4 Å². The van der Waals surface area contributed by atoms with Gasteiger partial charge < -0.3 is 19.3 Å². The quantitative estimate of drug-likeness (QED) is 0.582. The Morgan fingerprint density at radius 2 is 1.78 bits per heavy atom. The molecule has 2 aliphatic heterocycles. The summed E-state index contributed by atoms with van der Waals surface area (Å²) in [7, 11) is 0. The maximum absolute atomic E-state index is 12.7. The van der Waals surface area contributed by atoms with Crippen molar-refractivity contribution in [2.75, 3.05) is 32.8 Å². The van der Waals surface area contributed by atoms with E-state index in [0.29, 0.717) is 31.1 Å². The fraction of sp³-hybridized carbons (Fsp3) is 0.500. The number of hydrogen-bond acceptors (Lipinski definition) is 5. The monoisotopic (exact) mass is 400 g/mol. The average Bonchev–Trinajstić information content (AvgIpc) is 3.19. The number of carbonyl (C=O) groups is 1. The molecule has 2 heterocycles. The molecule has 9 heteroatoms. The maximum Gasteiger partial charge on any atom is 0.387 e. The zero-order valence-electron chi connectivity index (χ0n) is 15.2. The molecular formula is C18H22F2N2O4S. The summed E-state index contributed by atoms with van der Waals surface area (Å²) in [4.78, 5) is 14.7. The molecule has 0 spiro atoms. The van der Waals surface area contributed by atoms with Gasteiger partial charge in [0.2, 0.25) is 5.91 Å². The van der Waals surface area contributed by atoms with E-state index >= 15 is 0 Å². The average molecular weight is 400 g/mol. The van der Waals surface area contributed by atoms with Crippen LogP contribution in [0, 0.1) is 5.41 Å². The first-order valence-corrected chi connectivity index (χ1v) is 9.63. The van der Waals surface area contributed by atoms with Crippen LogP contribution < -0.4 is 4.74 Å². The molecule has 2 aliphatic rings. The van der Waals surface area contributed by atoms with Gasteiger partial charge in [-0.1, -0.05) is 0 Å². The number of nitrogens with zero attached hydrogens (tertiary/aromatic N) is 2. The Kier molecular flexibility index (Phi) is 5.76. The van der Waals surface area contributed by atoms with Crippen LogP contribution in [-0.2, 0) is 16.2 Å². The van der Waals surface area contributed by atoms with Gasteiger partial charge in [0.05, 0.1) is 36.5 Å². The van der Waals surface area contributed by atoms with Crippen molar-refractivity contribution in [2.24, 2.45) is 5.41 Å². The first-order chi connectivity index (χ1) is 12.7. The van der Waals surface area contributed by atoms with Gasteiger partial charge in [-0.05, 0) is 49.3 Å². The van der Waals surface area contributed by atoms with E-state index in [1.54, 1.807) is 23.1 Å². The van der Waals surface area contributed by atoms with Crippen LogP contribution >= 0.6 is 0 Å². The highest BCUT2D eigenvalue weighted by Gasteiger charge is 2.40. The Morgan fingerprint density at radius 3 is 2.26 bits per heavy atom. The standard InChI is InChI=1S/C18H22F2N2O4S/c1-18(2,11-23)16(24)21-7-12-9-22(10-13(12)8-21)27(25)15-5-3-14(4-6-15)26-17(19)20/h3-6,17,23H,7-11H2,1-2H3. The van der Waals surface area contributed by atoms with Gasteiger partial charge in [-0.25, -0.2) is 0 Å². The van der Waals surface area contributed by atoms with Gasteiger partial charge >= 0.3 is 6.61 Å². The lowest BCUT2D eigenvalue weighted by Gasteiger charge is -2.29. The summed E-state index contributed by atoms with van der Waals surface area (Å²) in [6.45, 7) is 2.24. The molecule has 0 radical (unpaired) electrons. The van der Waals surface area contributed by atoms with Gasteiger partial charge in [0.25, 0.3) is 0 Å². The molecule has 6 nitrogen and oxygen atoms in total. The summed E-state index contributed by atoms with van der Waals surface area (Å²) >= 11 is -1.42. The van der Waals surface area contributed by atoms with Gasteiger partial charge in [0, 0.05) is 13.1 Å². The molecule has 0 aliphatic carbocycles. The number of alkyl halides is 2. The minimum atomic E-state index is -2.89. The lowest BCUT2D eigenvalue weighted by Crippen LogP contribution is -2.43. The van der Waals surface area contributed by atoms with Crippen LogP contribution in [0.1, 0.15) is 13.8 Å². The molecule has 1 amide bonds. The molecule has 3 rings (SSSR count). The van der Waals surface area contributed by atoms with Crippen molar-refractivity contribution in [3.05, 3.63) is 35.4 Å². The first kappa shape index (κ1) is 20.1. The molecule has 0 aromatic heterocycles. The molecule has 1 aromatic rings. The van der Waals surface area contributed by atoms with Crippen molar-refractivity contribution in [3.8, 4) is 5.75 Å². The summed E-state index contributed by atoms with van der Waals surface area (Å²) < 4.78 is 43.2. The zero-order valence-corrected chi connectivity index (χ0v) is 16.0. The molecule has 0 saturated heterocycles. The molecule has 1 aromatic carbocycles. The first-order valence-electron chi connectivity index (χ1n) is 8.53. The third-order valence-corrected chi connectivity index (χ3v) is 6.15. The molecule has 1 atom stereocenters. The summed E-state index contributed by atoms with van der Waals surface area (Å²) in [5, 5.41) is 9.38. The zero-order chi connectivity index (χ0) is 19.8. The Balaban J connectivity index is 1.58. The van der Waals surface area contributed by atoms with E-state index < -0.39 is 23.4 Å². The van der Waals surface area contributed by atoms with Crippen LogP contribution in [0.15, 0.2) is 40.3 Å². The summed E-state index contributed by atoms with van der Waals surface area (Å²) in [6.07, 6.45) is 0. The number of aliphatic hydroxyl groups excluding tert-OH is 1. The van der Waals surface area contributed by atoms with Crippen LogP contribution in [0.4, 0.5) is 8.78 Å². The van der Waals surface area contributed by atoms with Gasteiger partial charge in [-0.3, -0.25) is 4.79 Å². The predicted molar refractivity (Wildman–Crippen MR) is 95.5 cm³/mol. The van der Waals surface area contributed by atoms with Gasteiger partial charge in [0.1, 0.15) is 5.75 Å². The molecule has 0 saturated carbocycles. The number of aliphatic hydroxyl groups is 1. The van der Waals surface area contributed by atoms with E-state index in [9.17, 15) is 23.2 Å². The number of carbonyl (C=O) groups excluding carboxylic acids is 1. The van der Waals surface area contributed by atoms with Crippen molar-refractivity contribution in [1.82, 2.24) is 9.21 Å². The van der Waals surface area contributed by atoms with Crippen LogP contribution in [0.25, 0.3) is 0 Å². The lowest BCUT2D eigenvalue weighted by atomic mass is 9.93. The van der Waals surface area contributed by atoms with E-state index in [1.807, 2.05) is 0 Å². The molecule has 1 N–H and O–H groups in total. The smallest absolute Gasteiger partial charge is 0.387 e. The van der Waals surface area contributed by atoms with E-state index in [2.05, 4.69) is 4.74 Å². The molecule has 0 bridgehead atoms. The van der Waals surface area contributed by atoms with Crippen LogP contribution in [0.5, 0.6) is 5.75 Å². The number of hydrogen-bond donors (Lipinski definition) is 1. The Labute approximate surface area is 159 Å². The second-order valence-electron chi connectivity index (χ2n) is 7.31. The maximum atomic E-state index is 12.7. The highest BCUT2D eigenvalue weighted by molar-refractivity contribution is 7.89. The van der Waals surface area contributed by atoms with Crippen molar-refractivity contribution < 1.29 is 28.0 Å². The third-order valence-electron chi connectivity index (χ3n) is 4.74. The fourth-order valence-electron chi connectivity index (χ4n) is 3.19. The van der Waals surface area contributed by atoms with Crippen molar-refractivity contribution in [3.63, 3.8) is 0 Å². The van der Waals surface area contributed by atoms with E-state index in [0.717, 1.165) is 11.1 Å². The van der Waals surface area contributed by atoms with Crippen LogP contribution in [-0.4, -0.2) is 64.2 Å². The van der Waals surface area contributed by atoms with E-state index in [4.69, 9.17) is 0 Å². The number of ether oxygens (including phenoxy) is 1.